The fourth-order valence-electron chi connectivity index (χ4n) is 2.42. The van der Waals surface area contributed by atoms with Gasteiger partial charge in [0.2, 0.25) is 0 Å². The third-order valence-corrected chi connectivity index (χ3v) is 4.21. The molecule has 1 heterocycles. The van der Waals surface area contributed by atoms with Gasteiger partial charge in [-0.1, -0.05) is 26.0 Å². The van der Waals surface area contributed by atoms with E-state index in [1.165, 1.54) is 12.5 Å². The average molecular weight is 294 g/mol. The second-order valence-electron chi connectivity index (χ2n) is 6.23. The lowest BCUT2D eigenvalue weighted by molar-refractivity contribution is -0.137. The van der Waals surface area contributed by atoms with E-state index in [4.69, 9.17) is 9.47 Å². The summed E-state index contributed by atoms with van der Waals surface area (Å²) in [5, 5.41) is 0. The molecule has 0 aliphatic carbocycles. The highest BCUT2D eigenvalue weighted by Crippen LogP contribution is 2.42. The van der Waals surface area contributed by atoms with Crippen LogP contribution in [0, 0.1) is 5.92 Å². The highest BCUT2D eigenvalue weighted by Gasteiger charge is 2.49. The second kappa shape index (κ2) is 8.38. The standard InChI is InChI=1S/C18H30O3/c1-6-18(5)16(21-18)12-11-14(3)9-8-10-15(4)13-17(19)20-7-2/h8,10,13-14,16H,6-7,9,11-12H2,1-5H3. The highest BCUT2D eigenvalue weighted by atomic mass is 16.6. The van der Waals surface area contributed by atoms with Crippen LogP contribution in [0.5, 0.6) is 0 Å². The Morgan fingerprint density at radius 1 is 1.43 bits per heavy atom. The third-order valence-electron chi connectivity index (χ3n) is 4.21. The largest absolute Gasteiger partial charge is 0.463 e. The van der Waals surface area contributed by atoms with Gasteiger partial charge in [-0.05, 0) is 57.9 Å². The third kappa shape index (κ3) is 6.47. The van der Waals surface area contributed by atoms with Crippen LogP contribution in [-0.4, -0.2) is 24.3 Å². The first kappa shape index (κ1) is 18.0. The predicted molar refractivity (Wildman–Crippen MR) is 86.1 cm³/mol. The number of ether oxygens (including phenoxy) is 2. The molecule has 0 spiro atoms. The molecule has 0 aromatic carbocycles. The van der Waals surface area contributed by atoms with Gasteiger partial charge in [0.1, 0.15) is 0 Å². The van der Waals surface area contributed by atoms with E-state index in [-0.39, 0.29) is 11.6 Å². The van der Waals surface area contributed by atoms with Crippen molar-refractivity contribution in [2.45, 2.75) is 72.0 Å². The van der Waals surface area contributed by atoms with Crippen molar-refractivity contribution in [3.05, 3.63) is 23.8 Å². The highest BCUT2D eigenvalue weighted by molar-refractivity contribution is 5.83. The first-order chi connectivity index (χ1) is 9.91. The number of hydrogen-bond donors (Lipinski definition) is 0. The van der Waals surface area contributed by atoms with Crippen LogP contribution < -0.4 is 0 Å². The molecule has 1 rings (SSSR count). The summed E-state index contributed by atoms with van der Waals surface area (Å²) in [5.41, 5.74) is 1.08. The van der Waals surface area contributed by atoms with Crippen LogP contribution in [0.15, 0.2) is 23.8 Å². The van der Waals surface area contributed by atoms with E-state index in [1.807, 2.05) is 19.9 Å². The van der Waals surface area contributed by atoms with Crippen molar-refractivity contribution >= 4 is 5.97 Å². The molecule has 1 fully saturated rings. The minimum atomic E-state index is -0.266. The summed E-state index contributed by atoms with van der Waals surface area (Å²) < 4.78 is 10.6. The quantitative estimate of drug-likeness (QED) is 0.273. The Labute approximate surface area is 129 Å². The molecule has 3 heteroatoms. The monoisotopic (exact) mass is 294 g/mol. The van der Waals surface area contributed by atoms with E-state index in [0.29, 0.717) is 18.6 Å². The van der Waals surface area contributed by atoms with Gasteiger partial charge in [0.05, 0.1) is 18.3 Å². The number of hydrogen-bond acceptors (Lipinski definition) is 3. The van der Waals surface area contributed by atoms with Gasteiger partial charge in [-0.15, -0.1) is 0 Å². The molecule has 21 heavy (non-hydrogen) atoms. The van der Waals surface area contributed by atoms with Crippen molar-refractivity contribution in [3.8, 4) is 0 Å². The van der Waals surface area contributed by atoms with Gasteiger partial charge in [0.25, 0.3) is 0 Å². The lowest BCUT2D eigenvalue weighted by atomic mass is 9.95. The molecule has 0 radical (unpaired) electrons. The smallest absolute Gasteiger partial charge is 0.330 e. The molecule has 1 aliphatic heterocycles. The zero-order valence-electron chi connectivity index (χ0n) is 14.1. The molecule has 0 bridgehead atoms. The molecule has 3 atom stereocenters. The minimum absolute atomic E-state index is 0.147. The van der Waals surface area contributed by atoms with Gasteiger partial charge in [-0.25, -0.2) is 4.79 Å². The summed E-state index contributed by atoms with van der Waals surface area (Å²) >= 11 is 0. The van der Waals surface area contributed by atoms with Crippen molar-refractivity contribution in [3.63, 3.8) is 0 Å². The summed E-state index contributed by atoms with van der Waals surface area (Å²) in [6.07, 6.45) is 10.6. The average Bonchev–Trinajstić information content (AvgIpc) is 3.08. The van der Waals surface area contributed by atoms with E-state index >= 15 is 0 Å². The summed E-state index contributed by atoms with van der Waals surface area (Å²) in [4.78, 5) is 11.3. The number of carbonyl (C=O) groups excluding carboxylic acids is 1. The van der Waals surface area contributed by atoms with Crippen molar-refractivity contribution in [1.29, 1.82) is 0 Å². The summed E-state index contributed by atoms with van der Waals surface area (Å²) in [5.74, 6) is 0.374. The second-order valence-corrected chi connectivity index (χ2v) is 6.23. The molecule has 0 amide bonds. The molecular formula is C18H30O3. The van der Waals surface area contributed by atoms with Gasteiger partial charge in [0, 0.05) is 6.08 Å². The van der Waals surface area contributed by atoms with Crippen molar-refractivity contribution in [1.82, 2.24) is 0 Å². The Hall–Kier alpha value is -1.09. The fourth-order valence-corrected chi connectivity index (χ4v) is 2.42. The number of esters is 1. The lowest BCUT2D eigenvalue weighted by Crippen LogP contribution is -2.08. The molecule has 0 aromatic rings. The van der Waals surface area contributed by atoms with Gasteiger partial charge in [0.15, 0.2) is 0 Å². The Bertz CT molecular complexity index is 397. The molecule has 120 valence electrons. The Balaban J connectivity index is 2.22. The SMILES string of the molecule is CCOC(=O)C=C(C)C=CCC(C)CCC1OC1(C)CC. The molecule has 0 saturated carbocycles. The van der Waals surface area contributed by atoms with Gasteiger partial charge < -0.3 is 9.47 Å². The predicted octanol–water partition coefficient (Wildman–Crippen LogP) is 4.43. The van der Waals surface area contributed by atoms with Crippen LogP contribution in [0.25, 0.3) is 0 Å². The zero-order chi connectivity index (χ0) is 15.9. The van der Waals surface area contributed by atoms with Crippen LogP contribution in [0.2, 0.25) is 0 Å². The lowest BCUT2D eigenvalue weighted by Gasteiger charge is -2.08. The van der Waals surface area contributed by atoms with E-state index in [9.17, 15) is 4.79 Å². The number of rotatable bonds is 9. The number of allylic oxidation sites excluding steroid dienone is 3. The first-order valence-corrected chi connectivity index (χ1v) is 8.10. The van der Waals surface area contributed by atoms with Gasteiger partial charge in [-0.3, -0.25) is 0 Å². The summed E-state index contributed by atoms with van der Waals surface area (Å²) in [6.45, 7) is 10.8. The Morgan fingerprint density at radius 3 is 2.71 bits per heavy atom. The Morgan fingerprint density at radius 2 is 2.14 bits per heavy atom. The maximum Gasteiger partial charge on any atom is 0.330 e. The molecule has 3 unspecified atom stereocenters. The van der Waals surface area contributed by atoms with Crippen molar-refractivity contribution in [2.75, 3.05) is 6.61 Å². The molecule has 1 saturated heterocycles. The molecule has 3 nitrogen and oxygen atoms in total. The molecular weight excluding hydrogens is 264 g/mol. The Kier molecular flexibility index (Phi) is 7.16. The summed E-state index contributed by atoms with van der Waals surface area (Å²) in [6, 6.07) is 0. The van der Waals surface area contributed by atoms with Crippen molar-refractivity contribution < 1.29 is 14.3 Å². The maximum absolute atomic E-state index is 11.3. The van der Waals surface area contributed by atoms with Crippen LogP contribution in [0.3, 0.4) is 0 Å². The minimum Gasteiger partial charge on any atom is -0.463 e. The van der Waals surface area contributed by atoms with Crippen LogP contribution in [-0.2, 0) is 14.3 Å². The van der Waals surface area contributed by atoms with E-state index < -0.39 is 0 Å². The molecule has 0 N–H and O–H groups in total. The topological polar surface area (TPSA) is 38.8 Å². The van der Waals surface area contributed by atoms with E-state index in [1.54, 1.807) is 0 Å². The molecule has 1 aliphatic rings. The maximum atomic E-state index is 11.3. The number of carbonyl (C=O) groups is 1. The van der Waals surface area contributed by atoms with E-state index in [0.717, 1.165) is 24.8 Å². The summed E-state index contributed by atoms with van der Waals surface area (Å²) in [7, 11) is 0. The fraction of sp³-hybridized carbons (Fsp3) is 0.722. The molecule has 0 aromatic heterocycles. The van der Waals surface area contributed by atoms with Crippen LogP contribution in [0.4, 0.5) is 0 Å². The van der Waals surface area contributed by atoms with Gasteiger partial charge in [-0.2, -0.15) is 0 Å². The first-order valence-electron chi connectivity index (χ1n) is 8.10. The van der Waals surface area contributed by atoms with Crippen molar-refractivity contribution in [2.24, 2.45) is 5.92 Å². The zero-order valence-corrected chi connectivity index (χ0v) is 14.1. The van der Waals surface area contributed by atoms with Crippen LogP contribution >= 0.6 is 0 Å². The van der Waals surface area contributed by atoms with E-state index in [2.05, 4.69) is 26.8 Å². The van der Waals surface area contributed by atoms with Crippen LogP contribution in [0.1, 0.15) is 60.3 Å². The normalized spacial score (nSPS) is 26.9. The van der Waals surface area contributed by atoms with Gasteiger partial charge >= 0.3 is 5.97 Å². The number of epoxide rings is 1.